The average molecular weight is 187 g/mol. The van der Waals surface area contributed by atoms with Crippen molar-refractivity contribution in [3.05, 3.63) is 0 Å². The lowest BCUT2D eigenvalue weighted by atomic mass is 9.59. The maximum atomic E-state index is 10.0. The molecule has 0 aliphatic heterocycles. The van der Waals surface area contributed by atoms with Crippen molar-refractivity contribution in [3.8, 4) is 0 Å². The highest BCUT2D eigenvalue weighted by Crippen LogP contribution is 2.49. The van der Waals surface area contributed by atoms with E-state index in [1.807, 2.05) is 6.92 Å². The van der Waals surface area contributed by atoms with Crippen LogP contribution in [0.5, 0.6) is 0 Å². The summed E-state index contributed by atoms with van der Waals surface area (Å²) < 4.78 is 5.20. The van der Waals surface area contributed by atoms with Gasteiger partial charge in [-0.3, -0.25) is 0 Å². The van der Waals surface area contributed by atoms with Gasteiger partial charge in [0, 0.05) is 6.61 Å². The Kier molecular flexibility index (Phi) is 3.00. The van der Waals surface area contributed by atoms with E-state index in [2.05, 4.69) is 13.8 Å². The second kappa shape index (κ2) is 3.56. The van der Waals surface area contributed by atoms with Crippen molar-refractivity contribution in [3.63, 3.8) is 0 Å². The van der Waals surface area contributed by atoms with Gasteiger partial charge >= 0.3 is 0 Å². The monoisotopic (exact) mass is 187 g/mol. The molecule has 0 heterocycles. The largest absolute Gasteiger partial charge is 0.388 e. The second-order valence-electron chi connectivity index (χ2n) is 4.89. The minimum atomic E-state index is -0.682. The molecule has 1 aliphatic carbocycles. The summed E-state index contributed by atoms with van der Waals surface area (Å²) in [4.78, 5) is 0. The standard InChI is InChI=1S/C10H21NO2/c1-4-13-5-8(11)10(12)6-9(2,3)7-10/h8,12H,4-7,11H2,1-3H3. The van der Waals surface area contributed by atoms with Crippen LogP contribution in [0.2, 0.25) is 0 Å². The third-order valence-corrected chi connectivity index (χ3v) is 2.76. The summed E-state index contributed by atoms with van der Waals surface area (Å²) in [5.74, 6) is 0. The molecule has 0 spiro atoms. The van der Waals surface area contributed by atoms with Crippen LogP contribution in [0, 0.1) is 5.41 Å². The first kappa shape index (κ1) is 11.0. The smallest absolute Gasteiger partial charge is 0.0830 e. The predicted molar refractivity (Wildman–Crippen MR) is 52.4 cm³/mol. The predicted octanol–water partition coefficient (Wildman–Crippen LogP) is 0.901. The summed E-state index contributed by atoms with van der Waals surface area (Å²) in [5.41, 5.74) is 5.41. The summed E-state index contributed by atoms with van der Waals surface area (Å²) >= 11 is 0. The SMILES string of the molecule is CCOCC(N)C1(O)CC(C)(C)C1. The fraction of sp³-hybridized carbons (Fsp3) is 1.00. The zero-order valence-electron chi connectivity index (χ0n) is 8.84. The number of hydrogen-bond donors (Lipinski definition) is 2. The maximum absolute atomic E-state index is 10.0. The zero-order chi connectivity index (χ0) is 10.1. The van der Waals surface area contributed by atoms with E-state index >= 15 is 0 Å². The Bertz CT molecular complexity index is 172. The van der Waals surface area contributed by atoms with Gasteiger partial charge in [-0.15, -0.1) is 0 Å². The van der Waals surface area contributed by atoms with Crippen molar-refractivity contribution in [1.82, 2.24) is 0 Å². The molecule has 0 aromatic rings. The molecule has 0 aromatic heterocycles. The Balaban J connectivity index is 2.35. The first-order valence-corrected chi connectivity index (χ1v) is 4.95. The molecule has 3 N–H and O–H groups in total. The van der Waals surface area contributed by atoms with E-state index in [0.717, 1.165) is 12.8 Å². The van der Waals surface area contributed by atoms with Crippen molar-refractivity contribution < 1.29 is 9.84 Å². The summed E-state index contributed by atoms with van der Waals surface area (Å²) in [6, 6.07) is -0.236. The van der Waals surface area contributed by atoms with Gasteiger partial charge in [-0.1, -0.05) is 13.8 Å². The van der Waals surface area contributed by atoms with E-state index in [0.29, 0.717) is 13.2 Å². The van der Waals surface area contributed by atoms with Gasteiger partial charge in [-0.25, -0.2) is 0 Å². The first-order valence-electron chi connectivity index (χ1n) is 4.95. The molecule has 1 unspecified atom stereocenters. The lowest BCUT2D eigenvalue weighted by molar-refractivity contribution is -0.139. The summed E-state index contributed by atoms with van der Waals surface area (Å²) in [6.07, 6.45) is 1.57. The third kappa shape index (κ3) is 2.42. The third-order valence-electron chi connectivity index (χ3n) is 2.76. The molecule has 78 valence electrons. The number of nitrogens with two attached hydrogens (primary N) is 1. The highest BCUT2D eigenvalue weighted by atomic mass is 16.5. The average Bonchev–Trinajstić information content (AvgIpc) is 1.96. The molecule has 1 saturated carbocycles. The van der Waals surface area contributed by atoms with E-state index in [9.17, 15) is 5.11 Å². The minimum Gasteiger partial charge on any atom is -0.388 e. The zero-order valence-corrected chi connectivity index (χ0v) is 8.84. The molecule has 0 saturated heterocycles. The molecule has 1 aliphatic rings. The van der Waals surface area contributed by atoms with Crippen LogP contribution in [0.25, 0.3) is 0 Å². The highest BCUT2D eigenvalue weighted by molar-refractivity contribution is 5.05. The van der Waals surface area contributed by atoms with Crippen LogP contribution >= 0.6 is 0 Å². The highest BCUT2D eigenvalue weighted by Gasteiger charge is 2.51. The molecule has 1 rings (SSSR count). The summed E-state index contributed by atoms with van der Waals surface area (Å²) in [5, 5.41) is 10.0. The van der Waals surface area contributed by atoms with Crippen LogP contribution in [-0.2, 0) is 4.74 Å². The van der Waals surface area contributed by atoms with Crippen LogP contribution in [-0.4, -0.2) is 30.0 Å². The van der Waals surface area contributed by atoms with Gasteiger partial charge in [-0.2, -0.15) is 0 Å². The van der Waals surface area contributed by atoms with Crippen LogP contribution in [0.3, 0.4) is 0 Å². The number of ether oxygens (including phenoxy) is 1. The van der Waals surface area contributed by atoms with Crippen molar-refractivity contribution >= 4 is 0 Å². The van der Waals surface area contributed by atoms with Gasteiger partial charge in [0.05, 0.1) is 18.2 Å². The normalized spacial score (nSPS) is 26.5. The van der Waals surface area contributed by atoms with Crippen molar-refractivity contribution in [1.29, 1.82) is 0 Å². The van der Waals surface area contributed by atoms with Crippen LogP contribution in [0.15, 0.2) is 0 Å². The Morgan fingerprint density at radius 1 is 1.46 bits per heavy atom. The van der Waals surface area contributed by atoms with Crippen LogP contribution in [0.4, 0.5) is 0 Å². The van der Waals surface area contributed by atoms with Crippen molar-refractivity contribution in [2.75, 3.05) is 13.2 Å². The van der Waals surface area contributed by atoms with E-state index in [4.69, 9.17) is 10.5 Å². The van der Waals surface area contributed by atoms with Crippen LogP contribution < -0.4 is 5.73 Å². The van der Waals surface area contributed by atoms with Gasteiger partial charge in [0.25, 0.3) is 0 Å². The van der Waals surface area contributed by atoms with Crippen molar-refractivity contribution in [2.45, 2.75) is 45.3 Å². The number of aliphatic hydroxyl groups is 1. The lowest BCUT2D eigenvalue weighted by Gasteiger charge is -2.52. The molecule has 13 heavy (non-hydrogen) atoms. The van der Waals surface area contributed by atoms with E-state index in [1.165, 1.54) is 0 Å². The fourth-order valence-corrected chi connectivity index (χ4v) is 2.27. The first-order chi connectivity index (χ1) is 5.90. The van der Waals surface area contributed by atoms with Crippen LogP contribution in [0.1, 0.15) is 33.6 Å². The summed E-state index contributed by atoms with van der Waals surface area (Å²) in [7, 11) is 0. The maximum Gasteiger partial charge on any atom is 0.0830 e. The minimum absolute atomic E-state index is 0.236. The molecule has 0 aromatic carbocycles. The quantitative estimate of drug-likeness (QED) is 0.687. The Morgan fingerprint density at radius 2 is 2.00 bits per heavy atom. The van der Waals surface area contributed by atoms with Gasteiger partial charge in [0.2, 0.25) is 0 Å². The molecule has 0 amide bonds. The molecule has 1 fully saturated rings. The molecular weight excluding hydrogens is 166 g/mol. The van der Waals surface area contributed by atoms with Gasteiger partial charge in [0.15, 0.2) is 0 Å². The van der Waals surface area contributed by atoms with Gasteiger partial charge < -0.3 is 15.6 Å². The molecule has 1 atom stereocenters. The summed E-state index contributed by atoms with van der Waals surface area (Å²) in [6.45, 7) is 7.35. The number of hydrogen-bond acceptors (Lipinski definition) is 3. The molecule has 3 heteroatoms. The van der Waals surface area contributed by atoms with Gasteiger partial charge in [-0.05, 0) is 25.2 Å². The molecular formula is C10H21NO2. The van der Waals surface area contributed by atoms with Crippen molar-refractivity contribution in [2.24, 2.45) is 11.1 Å². The Hall–Kier alpha value is -0.120. The molecule has 0 radical (unpaired) electrons. The van der Waals surface area contributed by atoms with E-state index in [-0.39, 0.29) is 11.5 Å². The van der Waals surface area contributed by atoms with E-state index < -0.39 is 5.60 Å². The number of rotatable bonds is 4. The lowest BCUT2D eigenvalue weighted by Crippen LogP contribution is -2.61. The second-order valence-corrected chi connectivity index (χ2v) is 4.89. The molecule has 3 nitrogen and oxygen atoms in total. The Labute approximate surface area is 80.3 Å². The topological polar surface area (TPSA) is 55.5 Å². The molecule has 0 bridgehead atoms. The van der Waals surface area contributed by atoms with Gasteiger partial charge in [0.1, 0.15) is 0 Å². The Morgan fingerprint density at radius 3 is 2.38 bits per heavy atom. The van der Waals surface area contributed by atoms with E-state index in [1.54, 1.807) is 0 Å². The fourth-order valence-electron chi connectivity index (χ4n) is 2.27.